The summed E-state index contributed by atoms with van der Waals surface area (Å²) in [6.45, 7) is 0.573. The molecule has 0 amide bonds. The monoisotopic (exact) mass is 338 g/mol. The summed E-state index contributed by atoms with van der Waals surface area (Å²) in [5.74, 6) is 0.729. The second kappa shape index (κ2) is 6.31. The van der Waals surface area contributed by atoms with Crippen LogP contribution < -0.4 is 5.32 Å². The van der Waals surface area contributed by atoms with Gasteiger partial charge in [-0.1, -0.05) is 12.5 Å². The van der Waals surface area contributed by atoms with Gasteiger partial charge in [-0.05, 0) is 25.0 Å². The van der Waals surface area contributed by atoms with Crippen molar-refractivity contribution in [3.05, 3.63) is 35.5 Å². The van der Waals surface area contributed by atoms with Crippen LogP contribution in [0, 0.1) is 0 Å². The molecule has 2 aromatic rings. The largest absolute Gasteiger partial charge is 0.316 e. The van der Waals surface area contributed by atoms with Crippen LogP contribution in [-0.2, 0) is 10.0 Å². The number of nitrogens with zero attached hydrogens (tertiary/aromatic N) is 3. The Morgan fingerprint density at radius 3 is 2.95 bits per heavy atom. The highest BCUT2D eigenvalue weighted by atomic mass is 32.2. The SMILES string of the molecule is CS(=O)(=O)N1CCCC[C@@H]1c1csc(Nc2ccccn2)n1. The van der Waals surface area contributed by atoms with Crippen LogP contribution in [0.1, 0.15) is 31.0 Å². The molecule has 0 aromatic carbocycles. The van der Waals surface area contributed by atoms with Gasteiger partial charge in [0.2, 0.25) is 10.0 Å². The molecule has 2 aromatic heterocycles. The average Bonchev–Trinajstić information content (AvgIpc) is 2.96. The van der Waals surface area contributed by atoms with Crippen molar-refractivity contribution in [3.63, 3.8) is 0 Å². The summed E-state index contributed by atoms with van der Waals surface area (Å²) in [7, 11) is -3.21. The van der Waals surface area contributed by atoms with Crippen molar-refractivity contribution in [2.45, 2.75) is 25.3 Å². The Kier molecular flexibility index (Phi) is 4.42. The van der Waals surface area contributed by atoms with E-state index < -0.39 is 10.0 Å². The third kappa shape index (κ3) is 3.45. The first kappa shape index (κ1) is 15.4. The maximum absolute atomic E-state index is 11.9. The van der Waals surface area contributed by atoms with E-state index in [1.54, 1.807) is 10.5 Å². The Balaban J connectivity index is 1.80. The number of nitrogens with one attached hydrogen (secondary N) is 1. The molecule has 1 aliphatic heterocycles. The van der Waals surface area contributed by atoms with E-state index in [1.165, 1.54) is 17.6 Å². The van der Waals surface area contributed by atoms with E-state index in [1.807, 2.05) is 23.6 Å². The fraction of sp³-hybridized carbons (Fsp3) is 0.429. The lowest BCUT2D eigenvalue weighted by Crippen LogP contribution is -2.37. The molecule has 8 heteroatoms. The third-order valence-electron chi connectivity index (χ3n) is 3.64. The zero-order valence-electron chi connectivity index (χ0n) is 12.3. The Hall–Kier alpha value is -1.51. The maximum atomic E-state index is 11.9. The van der Waals surface area contributed by atoms with Gasteiger partial charge in [0.15, 0.2) is 5.13 Å². The highest BCUT2D eigenvalue weighted by Crippen LogP contribution is 2.34. The smallest absolute Gasteiger partial charge is 0.211 e. The number of hydrogen-bond donors (Lipinski definition) is 1. The minimum atomic E-state index is -3.21. The fourth-order valence-electron chi connectivity index (χ4n) is 2.64. The number of anilines is 2. The van der Waals surface area contributed by atoms with E-state index in [2.05, 4.69) is 15.3 Å². The summed E-state index contributed by atoms with van der Waals surface area (Å²) in [5.41, 5.74) is 0.813. The summed E-state index contributed by atoms with van der Waals surface area (Å²) in [4.78, 5) is 8.75. The van der Waals surface area contributed by atoms with E-state index in [4.69, 9.17) is 0 Å². The van der Waals surface area contributed by atoms with Gasteiger partial charge in [0.05, 0.1) is 18.0 Å². The standard InChI is InChI=1S/C14H18N4O2S2/c1-22(19,20)18-9-5-3-6-12(18)11-10-21-14(16-11)17-13-7-2-4-8-15-13/h2,4,7-8,10,12H,3,5-6,9H2,1H3,(H,15,16,17)/t12-/m1/s1. The third-order valence-corrected chi connectivity index (χ3v) is 5.71. The zero-order valence-corrected chi connectivity index (χ0v) is 13.9. The average molecular weight is 338 g/mol. The van der Waals surface area contributed by atoms with Crippen LogP contribution in [0.3, 0.4) is 0 Å². The van der Waals surface area contributed by atoms with Gasteiger partial charge in [0.1, 0.15) is 5.82 Å². The van der Waals surface area contributed by atoms with Gasteiger partial charge >= 0.3 is 0 Å². The molecule has 0 spiro atoms. The van der Waals surface area contributed by atoms with Gasteiger partial charge < -0.3 is 5.32 Å². The van der Waals surface area contributed by atoms with Crippen molar-refractivity contribution in [1.82, 2.24) is 14.3 Å². The number of sulfonamides is 1. The summed E-state index contributed by atoms with van der Waals surface area (Å²) >= 11 is 1.47. The van der Waals surface area contributed by atoms with Gasteiger partial charge in [0.25, 0.3) is 0 Å². The van der Waals surface area contributed by atoms with Crippen molar-refractivity contribution in [2.24, 2.45) is 0 Å². The highest BCUT2D eigenvalue weighted by molar-refractivity contribution is 7.88. The first-order chi connectivity index (χ1) is 10.5. The van der Waals surface area contributed by atoms with Crippen molar-refractivity contribution < 1.29 is 8.42 Å². The van der Waals surface area contributed by atoms with Gasteiger partial charge in [-0.15, -0.1) is 11.3 Å². The lowest BCUT2D eigenvalue weighted by molar-refractivity contribution is 0.254. The van der Waals surface area contributed by atoms with Gasteiger partial charge in [0, 0.05) is 18.1 Å². The number of aromatic nitrogens is 2. The summed E-state index contributed by atoms with van der Waals surface area (Å²) < 4.78 is 25.5. The fourth-order valence-corrected chi connectivity index (χ4v) is 4.54. The van der Waals surface area contributed by atoms with Crippen molar-refractivity contribution in [2.75, 3.05) is 18.1 Å². The molecule has 0 saturated carbocycles. The lowest BCUT2D eigenvalue weighted by Gasteiger charge is -2.32. The predicted molar refractivity (Wildman–Crippen MR) is 87.8 cm³/mol. The van der Waals surface area contributed by atoms with Crippen molar-refractivity contribution >= 4 is 32.3 Å². The first-order valence-electron chi connectivity index (χ1n) is 7.14. The molecule has 6 nitrogen and oxygen atoms in total. The molecular weight excluding hydrogens is 320 g/mol. The molecule has 3 rings (SSSR count). The Bertz CT molecular complexity index is 730. The Morgan fingerprint density at radius 1 is 1.36 bits per heavy atom. The van der Waals surface area contributed by atoms with Crippen LogP contribution in [0.15, 0.2) is 29.8 Å². The molecule has 3 heterocycles. The van der Waals surface area contributed by atoms with E-state index in [0.717, 1.165) is 35.9 Å². The summed E-state index contributed by atoms with van der Waals surface area (Å²) in [5, 5.41) is 5.80. The highest BCUT2D eigenvalue weighted by Gasteiger charge is 2.32. The molecular formula is C14H18N4O2S2. The quantitative estimate of drug-likeness (QED) is 0.928. The number of pyridine rings is 1. The maximum Gasteiger partial charge on any atom is 0.211 e. The van der Waals surface area contributed by atoms with Crippen LogP contribution in [0.4, 0.5) is 10.9 Å². The van der Waals surface area contributed by atoms with Crippen molar-refractivity contribution in [3.8, 4) is 0 Å². The summed E-state index contributed by atoms with van der Waals surface area (Å²) in [6, 6.07) is 5.46. The molecule has 1 atom stereocenters. The summed E-state index contributed by atoms with van der Waals surface area (Å²) in [6.07, 6.45) is 5.73. The molecule has 22 heavy (non-hydrogen) atoms. The molecule has 0 aliphatic carbocycles. The molecule has 1 fully saturated rings. The van der Waals surface area contributed by atoms with Crippen LogP contribution >= 0.6 is 11.3 Å². The van der Waals surface area contributed by atoms with E-state index >= 15 is 0 Å². The van der Waals surface area contributed by atoms with Gasteiger partial charge in [-0.25, -0.2) is 18.4 Å². The van der Waals surface area contributed by atoms with Crippen molar-refractivity contribution in [1.29, 1.82) is 0 Å². The van der Waals surface area contributed by atoms with E-state index in [0.29, 0.717) is 6.54 Å². The second-order valence-corrected chi connectivity index (χ2v) is 8.10. The molecule has 1 N–H and O–H groups in total. The normalized spacial score (nSPS) is 20.0. The van der Waals surface area contributed by atoms with E-state index in [-0.39, 0.29) is 6.04 Å². The molecule has 0 radical (unpaired) electrons. The topological polar surface area (TPSA) is 75.2 Å². The minimum Gasteiger partial charge on any atom is -0.316 e. The Morgan fingerprint density at radius 2 is 2.23 bits per heavy atom. The van der Waals surface area contributed by atoms with Crippen LogP contribution in [0.5, 0.6) is 0 Å². The molecule has 0 unspecified atom stereocenters. The molecule has 0 bridgehead atoms. The zero-order chi connectivity index (χ0) is 15.6. The number of hydrogen-bond acceptors (Lipinski definition) is 6. The second-order valence-electron chi connectivity index (χ2n) is 5.30. The number of piperidine rings is 1. The van der Waals surface area contributed by atoms with Gasteiger partial charge in [-0.2, -0.15) is 4.31 Å². The predicted octanol–water partition coefficient (Wildman–Crippen LogP) is 2.77. The Labute approximate surface area is 134 Å². The number of rotatable bonds is 4. The van der Waals surface area contributed by atoms with E-state index in [9.17, 15) is 8.42 Å². The van der Waals surface area contributed by atoms with Gasteiger partial charge in [-0.3, -0.25) is 0 Å². The van der Waals surface area contributed by atoms with Crippen LogP contribution in [-0.4, -0.2) is 35.5 Å². The molecule has 1 saturated heterocycles. The first-order valence-corrected chi connectivity index (χ1v) is 9.87. The van der Waals surface area contributed by atoms with Crippen LogP contribution in [0.2, 0.25) is 0 Å². The molecule has 1 aliphatic rings. The van der Waals surface area contributed by atoms with Crippen LogP contribution in [0.25, 0.3) is 0 Å². The lowest BCUT2D eigenvalue weighted by atomic mass is 10.0. The number of thiazole rings is 1. The molecule has 118 valence electrons. The minimum absolute atomic E-state index is 0.153.